The van der Waals surface area contributed by atoms with Gasteiger partial charge in [0.15, 0.2) is 5.65 Å². The molecule has 32 heavy (non-hydrogen) atoms. The molecular weight excluding hydrogens is 447 g/mol. The van der Waals surface area contributed by atoms with Crippen molar-refractivity contribution in [2.75, 3.05) is 12.4 Å². The van der Waals surface area contributed by atoms with Crippen molar-refractivity contribution < 1.29 is 9.53 Å². The highest BCUT2D eigenvalue weighted by molar-refractivity contribution is 6.33. The molecule has 0 spiro atoms. The second-order valence-corrected chi connectivity index (χ2v) is 8.27. The average Bonchev–Trinajstić information content (AvgIpc) is 2.78. The molecule has 4 rings (SSSR count). The summed E-state index contributed by atoms with van der Waals surface area (Å²) in [6.07, 6.45) is 0. The van der Waals surface area contributed by atoms with Crippen molar-refractivity contribution in [1.82, 2.24) is 15.0 Å². The highest BCUT2D eigenvalue weighted by Crippen LogP contribution is 2.38. The van der Waals surface area contributed by atoms with E-state index in [1.165, 1.54) is 7.11 Å². The van der Waals surface area contributed by atoms with Gasteiger partial charge in [-0.15, -0.1) is 0 Å². The Kier molecular flexibility index (Phi) is 6.26. The zero-order valence-electron chi connectivity index (χ0n) is 17.7. The summed E-state index contributed by atoms with van der Waals surface area (Å²) < 4.78 is 4.83. The first kappa shape index (κ1) is 22.0. The van der Waals surface area contributed by atoms with Crippen molar-refractivity contribution in [2.24, 2.45) is 0 Å². The number of pyridine rings is 1. The molecule has 0 unspecified atom stereocenters. The molecule has 4 aromatic rings. The molecule has 0 aliphatic rings. The van der Waals surface area contributed by atoms with Gasteiger partial charge >= 0.3 is 5.97 Å². The van der Waals surface area contributed by atoms with Gasteiger partial charge in [0, 0.05) is 27.2 Å². The van der Waals surface area contributed by atoms with Crippen LogP contribution in [0.25, 0.3) is 33.4 Å². The van der Waals surface area contributed by atoms with E-state index < -0.39 is 5.97 Å². The number of nitrogens with one attached hydrogen (secondary N) is 1. The number of aromatic nitrogens is 3. The molecule has 0 aliphatic carbocycles. The molecule has 0 fully saturated rings. The number of ether oxygens (including phenoxy) is 1. The van der Waals surface area contributed by atoms with Gasteiger partial charge < -0.3 is 10.1 Å². The molecule has 8 heteroatoms. The average molecular weight is 467 g/mol. The summed E-state index contributed by atoms with van der Waals surface area (Å²) >= 11 is 12.6. The van der Waals surface area contributed by atoms with Crippen LogP contribution >= 0.6 is 23.2 Å². The number of anilines is 1. The predicted octanol–water partition coefficient (Wildman–Crippen LogP) is 6.27. The van der Waals surface area contributed by atoms with E-state index >= 15 is 0 Å². The predicted molar refractivity (Wildman–Crippen MR) is 128 cm³/mol. The molecule has 2 aromatic heterocycles. The summed E-state index contributed by atoms with van der Waals surface area (Å²) in [4.78, 5) is 25.8. The van der Waals surface area contributed by atoms with Gasteiger partial charge in [-0.1, -0.05) is 53.5 Å². The van der Waals surface area contributed by atoms with Gasteiger partial charge in [0.2, 0.25) is 5.82 Å². The van der Waals surface area contributed by atoms with Crippen molar-refractivity contribution in [3.8, 4) is 22.4 Å². The Morgan fingerprint density at radius 1 is 0.969 bits per heavy atom. The van der Waals surface area contributed by atoms with Crippen LogP contribution in [0.4, 0.5) is 5.82 Å². The molecule has 162 valence electrons. The van der Waals surface area contributed by atoms with Crippen LogP contribution in [0.15, 0.2) is 54.6 Å². The van der Waals surface area contributed by atoms with E-state index in [1.54, 1.807) is 6.07 Å². The van der Waals surface area contributed by atoms with Gasteiger partial charge in [-0.3, -0.25) is 0 Å². The van der Waals surface area contributed by atoms with Crippen molar-refractivity contribution >= 4 is 46.0 Å². The summed E-state index contributed by atoms with van der Waals surface area (Å²) in [5, 5.41) is 5.14. The zero-order valence-corrected chi connectivity index (χ0v) is 19.2. The van der Waals surface area contributed by atoms with Gasteiger partial charge in [0.25, 0.3) is 0 Å². The van der Waals surface area contributed by atoms with Crippen LogP contribution in [-0.4, -0.2) is 34.1 Å². The Balaban J connectivity index is 2.07. The summed E-state index contributed by atoms with van der Waals surface area (Å²) in [5.41, 5.74) is 3.49. The van der Waals surface area contributed by atoms with Gasteiger partial charge in [0.1, 0.15) is 5.82 Å². The van der Waals surface area contributed by atoms with Crippen molar-refractivity contribution in [3.63, 3.8) is 0 Å². The standard InChI is InChI=1S/C24H20Cl2N4O2/c1-13(2)27-21-18-12-17(14-8-10-15(25)11-9-14)20(16-6-4-5-7-19(16)26)28-22(18)30-23(29-21)24(31)32-3/h4-13H,1-3H3,(H,27,28,29,30). The molecule has 0 amide bonds. The first-order valence-electron chi connectivity index (χ1n) is 9.96. The molecule has 2 heterocycles. The van der Waals surface area contributed by atoms with E-state index in [0.29, 0.717) is 32.6 Å². The molecule has 0 saturated heterocycles. The number of nitrogens with zero attached hydrogens (tertiary/aromatic N) is 3. The molecular formula is C24H20Cl2N4O2. The zero-order chi connectivity index (χ0) is 22.8. The lowest BCUT2D eigenvalue weighted by atomic mass is 9.98. The van der Waals surface area contributed by atoms with Crippen molar-refractivity contribution in [3.05, 3.63) is 70.5 Å². The number of rotatable bonds is 5. The maximum atomic E-state index is 12.2. The lowest BCUT2D eigenvalue weighted by Crippen LogP contribution is -2.16. The quantitative estimate of drug-likeness (QED) is 0.349. The number of methoxy groups -OCH3 is 1. The Morgan fingerprint density at radius 3 is 2.34 bits per heavy atom. The fourth-order valence-corrected chi connectivity index (χ4v) is 3.68. The van der Waals surface area contributed by atoms with E-state index in [0.717, 1.165) is 16.7 Å². The largest absolute Gasteiger partial charge is 0.463 e. The smallest absolute Gasteiger partial charge is 0.376 e. The lowest BCUT2D eigenvalue weighted by molar-refractivity contribution is 0.0587. The molecule has 0 bridgehead atoms. The highest BCUT2D eigenvalue weighted by atomic mass is 35.5. The van der Waals surface area contributed by atoms with E-state index in [2.05, 4.69) is 15.3 Å². The third-order valence-corrected chi connectivity index (χ3v) is 5.35. The lowest BCUT2D eigenvalue weighted by Gasteiger charge is -2.16. The van der Waals surface area contributed by atoms with Crippen molar-refractivity contribution in [2.45, 2.75) is 19.9 Å². The molecule has 0 atom stereocenters. The van der Waals surface area contributed by atoms with Crippen LogP contribution in [0.3, 0.4) is 0 Å². The summed E-state index contributed by atoms with van der Waals surface area (Å²) in [7, 11) is 1.29. The molecule has 6 nitrogen and oxygen atoms in total. The maximum absolute atomic E-state index is 12.2. The Labute approximate surface area is 195 Å². The van der Waals surface area contributed by atoms with E-state index in [1.807, 2.05) is 62.4 Å². The van der Waals surface area contributed by atoms with Crippen LogP contribution in [0.5, 0.6) is 0 Å². The molecule has 0 radical (unpaired) electrons. The number of carbonyl (C=O) groups excluding carboxylic acids is 1. The van der Waals surface area contributed by atoms with E-state index in [9.17, 15) is 4.79 Å². The maximum Gasteiger partial charge on any atom is 0.376 e. The van der Waals surface area contributed by atoms with Crippen LogP contribution in [-0.2, 0) is 4.74 Å². The number of hydrogen-bond acceptors (Lipinski definition) is 6. The number of carbonyl (C=O) groups is 1. The first-order chi connectivity index (χ1) is 15.4. The van der Waals surface area contributed by atoms with E-state index in [-0.39, 0.29) is 11.9 Å². The second kappa shape index (κ2) is 9.10. The van der Waals surface area contributed by atoms with Crippen LogP contribution < -0.4 is 5.32 Å². The fourth-order valence-electron chi connectivity index (χ4n) is 3.33. The number of hydrogen-bond donors (Lipinski definition) is 1. The SMILES string of the molecule is COC(=O)c1nc(NC(C)C)c2cc(-c3ccc(Cl)cc3)c(-c3ccccc3Cl)nc2n1. The number of fused-ring (bicyclic) bond motifs is 1. The minimum absolute atomic E-state index is 0.0694. The Hall–Kier alpha value is -3.22. The normalized spacial score (nSPS) is 11.1. The van der Waals surface area contributed by atoms with Crippen LogP contribution in [0, 0.1) is 0 Å². The summed E-state index contributed by atoms with van der Waals surface area (Å²) in [6, 6.07) is 17.0. The first-order valence-corrected chi connectivity index (χ1v) is 10.7. The minimum atomic E-state index is -0.637. The number of halogens is 2. The van der Waals surface area contributed by atoms with Crippen LogP contribution in [0.1, 0.15) is 24.5 Å². The third-order valence-electron chi connectivity index (χ3n) is 4.76. The van der Waals surface area contributed by atoms with Crippen LogP contribution in [0.2, 0.25) is 10.0 Å². The minimum Gasteiger partial charge on any atom is -0.463 e. The molecule has 2 aromatic carbocycles. The van der Waals surface area contributed by atoms with Gasteiger partial charge in [-0.2, -0.15) is 0 Å². The monoisotopic (exact) mass is 466 g/mol. The Bertz CT molecular complexity index is 1310. The third kappa shape index (κ3) is 4.38. The van der Waals surface area contributed by atoms with Gasteiger partial charge in [-0.05, 0) is 43.7 Å². The molecule has 0 saturated carbocycles. The van der Waals surface area contributed by atoms with Gasteiger partial charge in [0.05, 0.1) is 18.2 Å². The number of benzene rings is 2. The number of esters is 1. The van der Waals surface area contributed by atoms with Gasteiger partial charge in [-0.25, -0.2) is 19.7 Å². The molecule has 0 aliphatic heterocycles. The fraction of sp³-hybridized carbons (Fsp3) is 0.167. The summed E-state index contributed by atoms with van der Waals surface area (Å²) in [5.74, 6) is -0.208. The highest BCUT2D eigenvalue weighted by Gasteiger charge is 2.20. The second-order valence-electron chi connectivity index (χ2n) is 7.43. The topological polar surface area (TPSA) is 77.0 Å². The Morgan fingerprint density at radius 2 is 1.69 bits per heavy atom. The molecule has 1 N–H and O–H groups in total. The van der Waals surface area contributed by atoms with Crippen molar-refractivity contribution in [1.29, 1.82) is 0 Å². The summed E-state index contributed by atoms with van der Waals surface area (Å²) in [6.45, 7) is 3.97. The van der Waals surface area contributed by atoms with E-state index in [4.69, 9.17) is 32.9 Å².